The molecule has 2 aromatic carbocycles. The molecule has 96 valence electrons. The Kier molecular flexibility index (Phi) is 2.27. The quantitative estimate of drug-likeness (QED) is 0.483. The third kappa shape index (κ3) is 1.64. The zero-order chi connectivity index (χ0) is 13.5. The third-order valence-corrected chi connectivity index (χ3v) is 3.34. The molecule has 0 spiro atoms. The molecule has 20 heavy (non-hydrogen) atoms. The van der Waals surface area contributed by atoms with Crippen molar-refractivity contribution in [3.8, 4) is 11.3 Å². The Hall–Kier alpha value is -2.81. The first-order chi connectivity index (χ1) is 9.81. The zero-order valence-corrected chi connectivity index (χ0v) is 10.5. The molecular weight excluding hydrogens is 252 g/mol. The molecule has 0 aliphatic rings. The van der Waals surface area contributed by atoms with Crippen LogP contribution in [-0.2, 0) is 0 Å². The molecule has 4 aromatic rings. The molecule has 0 radical (unpaired) electrons. The molecule has 0 amide bonds. The molecule has 0 saturated heterocycles. The Bertz CT molecular complexity index is 943. The normalized spacial score (nSPS) is 11.2. The van der Waals surface area contributed by atoms with E-state index in [4.69, 9.17) is 8.83 Å². The highest BCUT2D eigenvalue weighted by Gasteiger charge is 2.11. The second kappa shape index (κ2) is 4.10. The minimum atomic E-state index is -0.376. The zero-order valence-electron chi connectivity index (χ0n) is 10.5. The fourth-order valence-corrected chi connectivity index (χ4v) is 2.43. The van der Waals surface area contributed by atoms with Gasteiger partial charge in [-0.1, -0.05) is 36.4 Å². The number of furan rings is 1. The van der Waals surface area contributed by atoms with Crippen LogP contribution >= 0.6 is 0 Å². The van der Waals surface area contributed by atoms with Crippen molar-refractivity contribution >= 4 is 21.9 Å². The average molecular weight is 262 g/mol. The number of rotatable bonds is 1. The molecule has 3 heteroatoms. The topological polar surface area (TPSA) is 43.4 Å². The molecule has 4 rings (SSSR count). The molecule has 2 aromatic heterocycles. The summed E-state index contributed by atoms with van der Waals surface area (Å²) in [5.41, 5.74) is 1.75. The van der Waals surface area contributed by atoms with Gasteiger partial charge in [-0.2, -0.15) is 0 Å². The summed E-state index contributed by atoms with van der Waals surface area (Å²) < 4.78 is 11.0. The van der Waals surface area contributed by atoms with Crippen molar-refractivity contribution in [2.45, 2.75) is 0 Å². The monoisotopic (exact) mass is 262 g/mol. The lowest BCUT2D eigenvalue weighted by Crippen LogP contribution is -1.97. The molecule has 0 aliphatic heterocycles. The number of fused-ring (bicyclic) bond motifs is 2. The Balaban J connectivity index is 2.08. The molecule has 3 nitrogen and oxygen atoms in total. The van der Waals surface area contributed by atoms with E-state index < -0.39 is 0 Å². The molecule has 0 unspecified atom stereocenters. The average Bonchev–Trinajstić information content (AvgIpc) is 2.90. The van der Waals surface area contributed by atoms with Crippen LogP contribution in [0, 0.1) is 0 Å². The summed E-state index contributed by atoms with van der Waals surface area (Å²) in [6, 6.07) is 18.6. The minimum absolute atomic E-state index is 0.376. The smallest absolute Gasteiger partial charge is 0.336 e. The van der Waals surface area contributed by atoms with E-state index >= 15 is 0 Å². The predicted molar refractivity (Wildman–Crippen MR) is 77.7 cm³/mol. The van der Waals surface area contributed by atoms with E-state index in [0.29, 0.717) is 11.3 Å². The minimum Gasteiger partial charge on any atom is -0.456 e. The van der Waals surface area contributed by atoms with Crippen molar-refractivity contribution in [1.82, 2.24) is 0 Å². The standard InChI is InChI=1S/C17H10O3/c18-17-10-13(12-6-2-4-8-15(12)20-17)16-9-11-5-1-3-7-14(11)19-16/h1-10H. The number of benzene rings is 2. The van der Waals surface area contributed by atoms with Crippen LogP contribution in [-0.4, -0.2) is 0 Å². The van der Waals surface area contributed by atoms with E-state index in [9.17, 15) is 4.79 Å². The third-order valence-electron chi connectivity index (χ3n) is 3.34. The lowest BCUT2D eigenvalue weighted by molar-refractivity contribution is 0.559. The van der Waals surface area contributed by atoms with Gasteiger partial charge in [0.2, 0.25) is 0 Å². The van der Waals surface area contributed by atoms with Gasteiger partial charge in [-0.05, 0) is 18.2 Å². The van der Waals surface area contributed by atoms with E-state index in [0.717, 1.165) is 21.9 Å². The van der Waals surface area contributed by atoms with Crippen LogP contribution in [0.25, 0.3) is 33.3 Å². The SMILES string of the molecule is O=c1cc(-c2cc3ccccc3o2)c2ccccc2o1. The van der Waals surface area contributed by atoms with Crippen molar-refractivity contribution in [3.05, 3.63) is 71.1 Å². The van der Waals surface area contributed by atoms with E-state index in [-0.39, 0.29) is 5.63 Å². The van der Waals surface area contributed by atoms with Crippen LogP contribution in [0.1, 0.15) is 0 Å². The Labute approximate surface area is 114 Å². The van der Waals surface area contributed by atoms with E-state index in [1.165, 1.54) is 6.07 Å². The first kappa shape index (κ1) is 11.1. The van der Waals surface area contributed by atoms with Crippen LogP contribution in [0.4, 0.5) is 0 Å². The molecule has 2 heterocycles. The van der Waals surface area contributed by atoms with Gasteiger partial charge in [-0.3, -0.25) is 0 Å². The maximum atomic E-state index is 11.7. The van der Waals surface area contributed by atoms with Crippen LogP contribution in [0.5, 0.6) is 0 Å². The number of para-hydroxylation sites is 2. The highest BCUT2D eigenvalue weighted by molar-refractivity contribution is 5.94. The van der Waals surface area contributed by atoms with Crippen molar-refractivity contribution in [3.63, 3.8) is 0 Å². The lowest BCUT2D eigenvalue weighted by Gasteiger charge is -2.01. The molecule has 0 fully saturated rings. The summed E-state index contributed by atoms with van der Waals surface area (Å²) >= 11 is 0. The Morgan fingerprint density at radius 2 is 1.50 bits per heavy atom. The van der Waals surface area contributed by atoms with Crippen LogP contribution in [0.15, 0.2) is 74.3 Å². The second-order valence-corrected chi connectivity index (χ2v) is 4.62. The maximum absolute atomic E-state index is 11.7. The lowest BCUT2D eigenvalue weighted by atomic mass is 10.1. The van der Waals surface area contributed by atoms with Crippen LogP contribution in [0.3, 0.4) is 0 Å². The van der Waals surface area contributed by atoms with Crippen molar-refractivity contribution in [1.29, 1.82) is 0 Å². The summed E-state index contributed by atoms with van der Waals surface area (Å²) in [6.07, 6.45) is 0. The van der Waals surface area contributed by atoms with Gasteiger partial charge < -0.3 is 8.83 Å². The number of hydrogen-bond acceptors (Lipinski definition) is 3. The summed E-state index contributed by atoms with van der Waals surface area (Å²) in [7, 11) is 0. The van der Waals surface area contributed by atoms with E-state index in [2.05, 4.69) is 0 Å². The van der Waals surface area contributed by atoms with Gasteiger partial charge in [0.15, 0.2) is 0 Å². The predicted octanol–water partition coefficient (Wildman–Crippen LogP) is 4.21. The van der Waals surface area contributed by atoms with Crippen LogP contribution in [0.2, 0.25) is 0 Å². The van der Waals surface area contributed by atoms with Gasteiger partial charge >= 0.3 is 5.63 Å². The fourth-order valence-electron chi connectivity index (χ4n) is 2.43. The largest absolute Gasteiger partial charge is 0.456 e. The maximum Gasteiger partial charge on any atom is 0.336 e. The van der Waals surface area contributed by atoms with Gasteiger partial charge in [0.05, 0.1) is 0 Å². The van der Waals surface area contributed by atoms with E-state index in [1.807, 2.05) is 48.5 Å². The molecule has 0 N–H and O–H groups in total. The Morgan fingerprint density at radius 3 is 2.35 bits per heavy atom. The first-order valence-corrected chi connectivity index (χ1v) is 6.33. The van der Waals surface area contributed by atoms with Crippen molar-refractivity contribution in [2.24, 2.45) is 0 Å². The highest BCUT2D eigenvalue weighted by atomic mass is 16.4. The Morgan fingerprint density at radius 1 is 0.750 bits per heavy atom. The van der Waals surface area contributed by atoms with Gasteiger partial charge in [-0.25, -0.2) is 4.79 Å². The highest BCUT2D eigenvalue weighted by Crippen LogP contribution is 2.31. The van der Waals surface area contributed by atoms with Gasteiger partial charge in [0.1, 0.15) is 16.9 Å². The molecule has 0 aliphatic carbocycles. The summed E-state index contributed by atoms with van der Waals surface area (Å²) in [4.78, 5) is 11.7. The van der Waals surface area contributed by atoms with Crippen molar-refractivity contribution < 1.29 is 8.83 Å². The number of hydrogen-bond donors (Lipinski definition) is 0. The second-order valence-electron chi connectivity index (χ2n) is 4.62. The summed E-state index contributed by atoms with van der Waals surface area (Å²) in [5.74, 6) is 0.676. The van der Waals surface area contributed by atoms with Gasteiger partial charge in [0, 0.05) is 22.4 Å². The van der Waals surface area contributed by atoms with E-state index in [1.54, 1.807) is 6.07 Å². The molecular formula is C17H10O3. The molecule has 0 bridgehead atoms. The molecule has 0 atom stereocenters. The summed E-state index contributed by atoms with van der Waals surface area (Å²) in [5, 5.41) is 1.88. The van der Waals surface area contributed by atoms with Gasteiger partial charge in [-0.15, -0.1) is 0 Å². The summed E-state index contributed by atoms with van der Waals surface area (Å²) in [6.45, 7) is 0. The van der Waals surface area contributed by atoms with Crippen molar-refractivity contribution in [2.75, 3.05) is 0 Å². The first-order valence-electron chi connectivity index (χ1n) is 6.33. The fraction of sp³-hybridized carbons (Fsp3) is 0. The molecule has 0 saturated carbocycles. The van der Waals surface area contributed by atoms with Crippen LogP contribution < -0.4 is 5.63 Å². The van der Waals surface area contributed by atoms with Gasteiger partial charge in [0.25, 0.3) is 0 Å².